The molecule has 2 fully saturated rings. The first-order valence-corrected chi connectivity index (χ1v) is 7.73. The number of amides is 1. The molecule has 0 radical (unpaired) electrons. The quantitative estimate of drug-likeness (QED) is 0.854. The van der Waals surface area contributed by atoms with E-state index in [4.69, 9.17) is 5.73 Å². The Hall–Kier alpha value is -0.570. The van der Waals surface area contributed by atoms with Crippen LogP contribution >= 0.6 is 0 Å². The maximum Gasteiger partial charge on any atom is 0.240 e. The van der Waals surface area contributed by atoms with Gasteiger partial charge in [-0.3, -0.25) is 4.79 Å². The predicted octanol–water partition coefficient (Wildman–Crippen LogP) is 2.79. The Kier molecular flexibility index (Phi) is 3.72. The SMILES string of the molecule is CCC(C)[C@H](N)C(=O)N1CC2(C)CC1CC(C)(C)C2. The number of fused-ring (bicyclic) bond motifs is 2. The molecular formula is C16H30N2O. The molecule has 0 aromatic heterocycles. The zero-order valence-corrected chi connectivity index (χ0v) is 13.2. The highest BCUT2D eigenvalue weighted by molar-refractivity contribution is 5.82. The molecule has 3 nitrogen and oxygen atoms in total. The van der Waals surface area contributed by atoms with Crippen LogP contribution in [0.3, 0.4) is 0 Å². The fourth-order valence-electron chi connectivity index (χ4n) is 4.41. The van der Waals surface area contributed by atoms with E-state index in [0.717, 1.165) is 25.8 Å². The summed E-state index contributed by atoms with van der Waals surface area (Å²) in [5.41, 5.74) is 6.81. The average molecular weight is 266 g/mol. The van der Waals surface area contributed by atoms with Gasteiger partial charge in [0.05, 0.1) is 6.04 Å². The van der Waals surface area contributed by atoms with Crippen LogP contribution in [0, 0.1) is 16.7 Å². The number of carbonyl (C=O) groups excluding carboxylic acids is 1. The number of rotatable bonds is 3. The molecule has 2 bridgehead atoms. The van der Waals surface area contributed by atoms with Crippen molar-refractivity contribution in [2.75, 3.05) is 6.54 Å². The van der Waals surface area contributed by atoms with Crippen LogP contribution in [0.15, 0.2) is 0 Å². The second-order valence-electron chi connectivity index (χ2n) is 8.09. The highest BCUT2D eigenvalue weighted by Crippen LogP contribution is 2.52. The summed E-state index contributed by atoms with van der Waals surface area (Å²) >= 11 is 0. The Labute approximate surface area is 117 Å². The van der Waals surface area contributed by atoms with Gasteiger partial charge in [0.15, 0.2) is 0 Å². The lowest BCUT2D eigenvalue weighted by Gasteiger charge is -2.39. The summed E-state index contributed by atoms with van der Waals surface area (Å²) in [4.78, 5) is 14.7. The molecule has 0 aromatic carbocycles. The predicted molar refractivity (Wildman–Crippen MR) is 78.7 cm³/mol. The lowest BCUT2D eigenvalue weighted by atomic mass is 9.65. The number of hydrogen-bond donors (Lipinski definition) is 1. The third-order valence-corrected chi connectivity index (χ3v) is 5.24. The van der Waals surface area contributed by atoms with Gasteiger partial charge in [-0.15, -0.1) is 0 Å². The van der Waals surface area contributed by atoms with Crippen LogP contribution in [0.1, 0.15) is 60.3 Å². The molecule has 3 unspecified atom stereocenters. The Morgan fingerprint density at radius 2 is 2.00 bits per heavy atom. The summed E-state index contributed by atoms with van der Waals surface area (Å²) in [6, 6.07) is 0.0902. The van der Waals surface area contributed by atoms with Crippen molar-refractivity contribution in [3.63, 3.8) is 0 Å². The number of likely N-dealkylation sites (tertiary alicyclic amines) is 1. The molecular weight excluding hydrogens is 236 g/mol. The van der Waals surface area contributed by atoms with Crippen LogP contribution in [0.25, 0.3) is 0 Å². The second kappa shape index (κ2) is 4.76. The lowest BCUT2D eigenvalue weighted by molar-refractivity contribution is -0.134. The van der Waals surface area contributed by atoms with E-state index in [1.807, 2.05) is 0 Å². The van der Waals surface area contributed by atoms with Crippen molar-refractivity contribution >= 4 is 5.91 Å². The smallest absolute Gasteiger partial charge is 0.240 e. The summed E-state index contributed by atoms with van der Waals surface area (Å²) in [7, 11) is 0. The summed E-state index contributed by atoms with van der Waals surface area (Å²) < 4.78 is 0. The van der Waals surface area contributed by atoms with E-state index in [0.29, 0.717) is 16.9 Å². The summed E-state index contributed by atoms with van der Waals surface area (Å²) in [6.07, 6.45) is 4.48. The first-order chi connectivity index (χ1) is 8.67. The van der Waals surface area contributed by atoms with Gasteiger partial charge in [0.2, 0.25) is 5.91 Å². The van der Waals surface area contributed by atoms with E-state index in [9.17, 15) is 4.79 Å². The van der Waals surface area contributed by atoms with Crippen LogP contribution in [-0.2, 0) is 4.79 Å². The zero-order valence-electron chi connectivity index (χ0n) is 13.2. The van der Waals surface area contributed by atoms with E-state index in [1.54, 1.807) is 0 Å². The number of carbonyl (C=O) groups is 1. The molecule has 1 amide bonds. The largest absolute Gasteiger partial charge is 0.338 e. The molecule has 0 spiro atoms. The topological polar surface area (TPSA) is 46.3 Å². The molecule has 1 aliphatic carbocycles. The minimum Gasteiger partial charge on any atom is -0.338 e. The molecule has 1 saturated heterocycles. The van der Waals surface area contributed by atoms with Crippen molar-refractivity contribution in [2.24, 2.45) is 22.5 Å². The average Bonchev–Trinajstić information content (AvgIpc) is 2.55. The maximum atomic E-state index is 12.6. The number of hydrogen-bond acceptors (Lipinski definition) is 2. The van der Waals surface area contributed by atoms with Gasteiger partial charge < -0.3 is 10.6 Å². The van der Waals surface area contributed by atoms with E-state index >= 15 is 0 Å². The fourth-order valence-corrected chi connectivity index (χ4v) is 4.41. The van der Waals surface area contributed by atoms with Gasteiger partial charge in [0, 0.05) is 12.6 Å². The summed E-state index contributed by atoms with van der Waals surface area (Å²) in [5.74, 6) is 0.453. The van der Waals surface area contributed by atoms with Crippen molar-refractivity contribution in [1.82, 2.24) is 4.90 Å². The Morgan fingerprint density at radius 1 is 1.37 bits per heavy atom. The molecule has 2 rings (SSSR count). The van der Waals surface area contributed by atoms with Crippen molar-refractivity contribution in [3.05, 3.63) is 0 Å². The Bertz CT molecular complexity index is 366. The lowest BCUT2D eigenvalue weighted by Crippen LogP contribution is -2.49. The third kappa shape index (κ3) is 2.81. The standard InChI is InChI=1S/C16H30N2O/c1-6-11(2)13(17)14(19)18-10-16(5)8-12(18)7-15(3,4)9-16/h11-13H,6-10,17H2,1-5H3/t11?,12?,13-,16?/m0/s1. The van der Waals surface area contributed by atoms with Crippen LogP contribution in [-0.4, -0.2) is 29.4 Å². The Balaban J connectivity index is 2.13. The van der Waals surface area contributed by atoms with Crippen molar-refractivity contribution < 1.29 is 4.79 Å². The van der Waals surface area contributed by atoms with E-state index in [-0.39, 0.29) is 17.9 Å². The molecule has 4 atom stereocenters. The maximum absolute atomic E-state index is 12.6. The van der Waals surface area contributed by atoms with Gasteiger partial charge in [-0.2, -0.15) is 0 Å². The number of nitrogens with zero attached hydrogens (tertiary/aromatic N) is 1. The van der Waals surface area contributed by atoms with Gasteiger partial charge in [-0.1, -0.05) is 41.0 Å². The van der Waals surface area contributed by atoms with E-state index in [1.165, 1.54) is 6.42 Å². The minimum atomic E-state index is -0.323. The molecule has 1 saturated carbocycles. The van der Waals surface area contributed by atoms with Crippen molar-refractivity contribution in [2.45, 2.75) is 72.4 Å². The molecule has 1 aliphatic heterocycles. The van der Waals surface area contributed by atoms with Crippen LogP contribution in [0.4, 0.5) is 0 Å². The van der Waals surface area contributed by atoms with Gasteiger partial charge in [0.1, 0.15) is 0 Å². The summed E-state index contributed by atoms with van der Waals surface area (Å²) in [6.45, 7) is 12.1. The molecule has 2 N–H and O–H groups in total. The molecule has 1 heterocycles. The molecule has 3 heteroatoms. The zero-order chi connectivity index (χ0) is 14.4. The van der Waals surface area contributed by atoms with Gasteiger partial charge in [-0.05, 0) is 36.0 Å². The number of nitrogens with two attached hydrogens (primary N) is 1. The molecule has 19 heavy (non-hydrogen) atoms. The fraction of sp³-hybridized carbons (Fsp3) is 0.938. The third-order valence-electron chi connectivity index (χ3n) is 5.24. The highest BCUT2D eigenvalue weighted by Gasteiger charge is 2.51. The van der Waals surface area contributed by atoms with Crippen LogP contribution in [0.5, 0.6) is 0 Å². The van der Waals surface area contributed by atoms with Crippen molar-refractivity contribution in [1.29, 1.82) is 0 Å². The molecule has 2 aliphatic rings. The van der Waals surface area contributed by atoms with Gasteiger partial charge in [0.25, 0.3) is 0 Å². The molecule has 110 valence electrons. The Morgan fingerprint density at radius 3 is 2.58 bits per heavy atom. The monoisotopic (exact) mass is 266 g/mol. The van der Waals surface area contributed by atoms with Crippen LogP contribution in [0.2, 0.25) is 0 Å². The highest BCUT2D eigenvalue weighted by atomic mass is 16.2. The molecule has 0 aromatic rings. The van der Waals surface area contributed by atoms with E-state index < -0.39 is 0 Å². The van der Waals surface area contributed by atoms with Gasteiger partial charge in [-0.25, -0.2) is 0 Å². The van der Waals surface area contributed by atoms with Crippen molar-refractivity contribution in [3.8, 4) is 0 Å². The first kappa shape index (κ1) is 14.8. The minimum absolute atomic E-state index is 0.181. The normalized spacial score (nSPS) is 36.1. The van der Waals surface area contributed by atoms with Gasteiger partial charge >= 0.3 is 0 Å². The first-order valence-electron chi connectivity index (χ1n) is 7.73. The summed E-state index contributed by atoms with van der Waals surface area (Å²) in [5, 5.41) is 0. The van der Waals surface area contributed by atoms with Crippen LogP contribution < -0.4 is 5.73 Å². The van der Waals surface area contributed by atoms with E-state index in [2.05, 4.69) is 39.5 Å². The second-order valence-corrected chi connectivity index (χ2v) is 8.09.